The van der Waals surface area contributed by atoms with Crippen LogP contribution in [0.4, 0.5) is 0 Å². The van der Waals surface area contributed by atoms with Crippen LogP contribution in [-0.4, -0.2) is 25.5 Å². The normalized spacial score (nSPS) is 18.2. The Hall–Kier alpha value is -0.570. The monoisotopic (exact) mass is 268 g/mol. The van der Waals surface area contributed by atoms with Crippen molar-refractivity contribution in [1.82, 2.24) is 10.6 Å². The lowest BCUT2D eigenvalue weighted by Gasteiger charge is -2.34. The van der Waals surface area contributed by atoms with Gasteiger partial charge in [0.25, 0.3) is 0 Å². The zero-order chi connectivity index (χ0) is 14.0. The Kier molecular flexibility index (Phi) is 8.11. The number of hydrogen-bond donors (Lipinski definition) is 2. The quantitative estimate of drug-likeness (QED) is 0.630. The summed E-state index contributed by atoms with van der Waals surface area (Å²) in [7, 11) is 0. The van der Waals surface area contributed by atoms with E-state index >= 15 is 0 Å². The largest absolute Gasteiger partial charge is 0.356 e. The van der Waals surface area contributed by atoms with Crippen molar-refractivity contribution in [3.8, 4) is 0 Å². The van der Waals surface area contributed by atoms with Gasteiger partial charge in [0.05, 0.1) is 0 Å². The van der Waals surface area contributed by atoms with E-state index in [1.807, 2.05) is 0 Å². The van der Waals surface area contributed by atoms with Crippen LogP contribution in [0.3, 0.4) is 0 Å². The minimum Gasteiger partial charge on any atom is -0.356 e. The van der Waals surface area contributed by atoms with Crippen molar-refractivity contribution in [3.63, 3.8) is 0 Å². The zero-order valence-corrected chi connectivity index (χ0v) is 12.9. The first-order valence-electron chi connectivity index (χ1n) is 8.14. The number of amides is 1. The summed E-state index contributed by atoms with van der Waals surface area (Å²) in [5, 5.41) is 6.50. The molecule has 0 saturated carbocycles. The predicted molar refractivity (Wildman–Crippen MR) is 81.2 cm³/mol. The van der Waals surface area contributed by atoms with Gasteiger partial charge in [0, 0.05) is 13.0 Å². The maximum atomic E-state index is 11.8. The van der Waals surface area contributed by atoms with Gasteiger partial charge in [-0.25, -0.2) is 0 Å². The molecule has 0 aromatic rings. The van der Waals surface area contributed by atoms with Gasteiger partial charge >= 0.3 is 0 Å². The van der Waals surface area contributed by atoms with Gasteiger partial charge in [-0.15, -0.1) is 0 Å². The van der Waals surface area contributed by atoms with Crippen molar-refractivity contribution in [1.29, 1.82) is 0 Å². The van der Waals surface area contributed by atoms with Crippen LogP contribution in [0.1, 0.15) is 71.6 Å². The molecule has 1 heterocycles. The van der Waals surface area contributed by atoms with E-state index in [9.17, 15) is 4.79 Å². The van der Waals surface area contributed by atoms with E-state index in [0.29, 0.717) is 11.8 Å². The van der Waals surface area contributed by atoms with E-state index in [-0.39, 0.29) is 5.91 Å². The molecular weight excluding hydrogens is 236 g/mol. The first-order chi connectivity index (χ1) is 9.16. The molecule has 1 fully saturated rings. The first-order valence-corrected chi connectivity index (χ1v) is 8.14. The fourth-order valence-electron chi connectivity index (χ4n) is 2.67. The summed E-state index contributed by atoms with van der Waals surface area (Å²) < 4.78 is 0. The summed E-state index contributed by atoms with van der Waals surface area (Å²) >= 11 is 0. The molecule has 0 spiro atoms. The summed E-state index contributed by atoms with van der Waals surface area (Å²) in [6.07, 6.45) is 10.5. The number of carbonyl (C=O) groups excluding carboxylic acids is 1. The molecule has 0 radical (unpaired) electrons. The Bertz CT molecular complexity index is 247. The lowest BCUT2D eigenvalue weighted by atomic mass is 9.81. The zero-order valence-electron chi connectivity index (χ0n) is 12.9. The molecule has 0 aliphatic carbocycles. The second kappa shape index (κ2) is 9.35. The van der Waals surface area contributed by atoms with E-state index < -0.39 is 0 Å². The first kappa shape index (κ1) is 16.5. The third-order valence-corrected chi connectivity index (χ3v) is 4.28. The van der Waals surface area contributed by atoms with Crippen molar-refractivity contribution in [2.24, 2.45) is 5.41 Å². The second-order valence-corrected chi connectivity index (χ2v) is 6.36. The molecule has 1 aliphatic rings. The Labute approximate surface area is 118 Å². The van der Waals surface area contributed by atoms with Crippen molar-refractivity contribution in [2.45, 2.75) is 71.6 Å². The molecule has 0 atom stereocenters. The Morgan fingerprint density at radius 3 is 2.42 bits per heavy atom. The maximum absolute atomic E-state index is 11.8. The van der Waals surface area contributed by atoms with Crippen LogP contribution in [0.25, 0.3) is 0 Å². The van der Waals surface area contributed by atoms with Crippen LogP contribution in [-0.2, 0) is 4.79 Å². The molecule has 19 heavy (non-hydrogen) atoms. The molecule has 1 rings (SSSR count). The number of nitrogens with one attached hydrogen (secondary N) is 2. The third kappa shape index (κ3) is 7.56. The number of hydrogen-bond acceptors (Lipinski definition) is 2. The average Bonchev–Trinajstić information content (AvgIpc) is 2.41. The number of rotatable bonds is 9. The molecule has 1 aliphatic heterocycles. The molecule has 1 amide bonds. The van der Waals surface area contributed by atoms with Crippen molar-refractivity contribution < 1.29 is 4.79 Å². The average molecular weight is 268 g/mol. The topological polar surface area (TPSA) is 41.1 Å². The van der Waals surface area contributed by atoms with Crippen LogP contribution >= 0.6 is 0 Å². The molecule has 0 bridgehead atoms. The molecule has 1 saturated heterocycles. The highest BCUT2D eigenvalue weighted by molar-refractivity contribution is 5.75. The van der Waals surface area contributed by atoms with Gasteiger partial charge in [-0.2, -0.15) is 0 Å². The number of piperidine rings is 1. The summed E-state index contributed by atoms with van der Waals surface area (Å²) in [6, 6.07) is 0. The third-order valence-electron chi connectivity index (χ3n) is 4.28. The number of unbranched alkanes of at least 4 members (excludes halogenated alkanes) is 5. The lowest BCUT2D eigenvalue weighted by Crippen LogP contribution is -2.42. The van der Waals surface area contributed by atoms with Crippen molar-refractivity contribution in [3.05, 3.63) is 0 Å². The molecule has 0 aromatic heterocycles. The Morgan fingerprint density at radius 1 is 1.11 bits per heavy atom. The van der Waals surface area contributed by atoms with E-state index in [1.54, 1.807) is 0 Å². The molecule has 3 nitrogen and oxygen atoms in total. The van der Waals surface area contributed by atoms with Crippen molar-refractivity contribution >= 4 is 5.91 Å². The predicted octanol–water partition coefficient (Wildman–Crippen LogP) is 3.24. The van der Waals surface area contributed by atoms with Gasteiger partial charge in [0.1, 0.15) is 0 Å². The minimum absolute atomic E-state index is 0.246. The standard InChI is InChI=1S/C16H32N2O/c1-3-4-5-6-7-8-9-15(19)18-14-16(2)10-12-17-13-11-16/h17H,3-14H2,1-2H3,(H,18,19). The van der Waals surface area contributed by atoms with Crippen molar-refractivity contribution in [2.75, 3.05) is 19.6 Å². The Morgan fingerprint density at radius 2 is 1.74 bits per heavy atom. The molecule has 112 valence electrons. The van der Waals surface area contributed by atoms with Gasteiger partial charge in [-0.05, 0) is 37.8 Å². The molecule has 2 N–H and O–H groups in total. The Balaban J connectivity index is 2.01. The van der Waals surface area contributed by atoms with Crippen LogP contribution in [0.2, 0.25) is 0 Å². The SMILES string of the molecule is CCCCCCCCC(=O)NCC1(C)CCNCC1. The summed E-state index contributed by atoms with van der Waals surface area (Å²) in [5.74, 6) is 0.246. The fourth-order valence-corrected chi connectivity index (χ4v) is 2.67. The fraction of sp³-hybridized carbons (Fsp3) is 0.938. The highest BCUT2D eigenvalue weighted by Crippen LogP contribution is 2.26. The smallest absolute Gasteiger partial charge is 0.220 e. The van der Waals surface area contributed by atoms with Gasteiger partial charge < -0.3 is 10.6 Å². The highest BCUT2D eigenvalue weighted by atomic mass is 16.1. The summed E-state index contributed by atoms with van der Waals surface area (Å²) in [4.78, 5) is 11.8. The van der Waals surface area contributed by atoms with E-state index in [0.717, 1.165) is 26.1 Å². The molecule has 0 aromatic carbocycles. The van der Waals surface area contributed by atoms with Crippen LogP contribution in [0, 0.1) is 5.41 Å². The van der Waals surface area contributed by atoms with Gasteiger partial charge in [-0.3, -0.25) is 4.79 Å². The summed E-state index contributed by atoms with van der Waals surface area (Å²) in [5.41, 5.74) is 0.308. The highest BCUT2D eigenvalue weighted by Gasteiger charge is 2.26. The van der Waals surface area contributed by atoms with Crippen LogP contribution < -0.4 is 10.6 Å². The van der Waals surface area contributed by atoms with Gasteiger partial charge in [-0.1, -0.05) is 46.0 Å². The van der Waals surface area contributed by atoms with E-state index in [2.05, 4.69) is 24.5 Å². The van der Waals surface area contributed by atoms with Gasteiger partial charge in [0.2, 0.25) is 5.91 Å². The van der Waals surface area contributed by atoms with Crippen LogP contribution in [0.15, 0.2) is 0 Å². The molecular formula is C16H32N2O. The molecule has 3 heteroatoms. The van der Waals surface area contributed by atoms with E-state index in [4.69, 9.17) is 0 Å². The van der Waals surface area contributed by atoms with Gasteiger partial charge in [0.15, 0.2) is 0 Å². The lowest BCUT2D eigenvalue weighted by molar-refractivity contribution is -0.121. The second-order valence-electron chi connectivity index (χ2n) is 6.36. The van der Waals surface area contributed by atoms with Crippen LogP contribution in [0.5, 0.6) is 0 Å². The maximum Gasteiger partial charge on any atom is 0.220 e. The summed E-state index contributed by atoms with van der Waals surface area (Å²) in [6.45, 7) is 7.55. The number of carbonyl (C=O) groups is 1. The molecule has 0 unspecified atom stereocenters. The van der Waals surface area contributed by atoms with E-state index in [1.165, 1.54) is 44.9 Å². The minimum atomic E-state index is 0.246.